The molecule has 82 valence electrons. The van der Waals surface area contributed by atoms with Gasteiger partial charge < -0.3 is 9.84 Å². The van der Waals surface area contributed by atoms with Crippen LogP contribution in [0.15, 0.2) is 30.9 Å². The minimum absolute atomic E-state index is 0.0516. The zero-order valence-electron chi connectivity index (χ0n) is 9.53. The van der Waals surface area contributed by atoms with E-state index in [1.807, 2.05) is 32.0 Å². The Labute approximate surface area is 91.2 Å². The van der Waals surface area contributed by atoms with Crippen molar-refractivity contribution in [1.82, 2.24) is 0 Å². The molecule has 1 rings (SSSR count). The van der Waals surface area contributed by atoms with Gasteiger partial charge in [0, 0.05) is 5.56 Å². The maximum atomic E-state index is 9.58. The van der Waals surface area contributed by atoms with Crippen molar-refractivity contribution >= 4 is 0 Å². The van der Waals surface area contributed by atoms with Crippen LogP contribution in [-0.4, -0.2) is 11.2 Å². The van der Waals surface area contributed by atoms with Gasteiger partial charge in [0.1, 0.15) is 11.9 Å². The molecule has 2 heteroatoms. The molecule has 1 N–H and O–H groups in total. The fraction of sp³-hybridized carbons (Fsp3) is 0.385. The van der Waals surface area contributed by atoms with Crippen molar-refractivity contribution in [1.29, 1.82) is 0 Å². The molecule has 0 aliphatic carbocycles. The Hall–Kier alpha value is -1.28. The molecule has 2 unspecified atom stereocenters. The highest BCUT2D eigenvalue weighted by Gasteiger charge is 2.10. The van der Waals surface area contributed by atoms with Crippen LogP contribution in [0.4, 0.5) is 0 Å². The standard InChI is InChI=1S/C13H18O2/c1-5-10(3)15-13-8-9(2)6-7-12(13)11(4)14/h5-8,10-11,14H,1H2,2-4H3. The second-order valence-corrected chi connectivity index (χ2v) is 3.78. The van der Waals surface area contributed by atoms with E-state index in [0.29, 0.717) is 0 Å². The van der Waals surface area contributed by atoms with Crippen molar-refractivity contribution in [2.45, 2.75) is 33.0 Å². The Balaban J connectivity index is 3.01. The van der Waals surface area contributed by atoms with Crippen LogP contribution in [-0.2, 0) is 0 Å². The van der Waals surface area contributed by atoms with Crippen LogP contribution in [0, 0.1) is 6.92 Å². The third-order valence-corrected chi connectivity index (χ3v) is 2.26. The molecule has 15 heavy (non-hydrogen) atoms. The lowest BCUT2D eigenvalue weighted by Crippen LogP contribution is -2.10. The second kappa shape index (κ2) is 4.99. The van der Waals surface area contributed by atoms with Crippen LogP contribution in [0.25, 0.3) is 0 Å². The van der Waals surface area contributed by atoms with Gasteiger partial charge in [0.15, 0.2) is 0 Å². The monoisotopic (exact) mass is 206 g/mol. The van der Waals surface area contributed by atoms with Crippen molar-refractivity contribution in [2.75, 3.05) is 0 Å². The van der Waals surface area contributed by atoms with Crippen LogP contribution >= 0.6 is 0 Å². The molecule has 0 bridgehead atoms. The van der Waals surface area contributed by atoms with Crippen LogP contribution < -0.4 is 4.74 Å². The first kappa shape index (κ1) is 11.8. The highest BCUT2D eigenvalue weighted by molar-refractivity contribution is 5.38. The molecule has 2 atom stereocenters. The predicted octanol–water partition coefficient (Wildman–Crippen LogP) is 3.00. The zero-order valence-corrected chi connectivity index (χ0v) is 9.53. The van der Waals surface area contributed by atoms with Crippen molar-refractivity contribution in [3.05, 3.63) is 42.0 Å². The summed E-state index contributed by atoms with van der Waals surface area (Å²) in [6.45, 7) is 9.31. The minimum atomic E-state index is -0.516. The van der Waals surface area contributed by atoms with Crippen molar-refractivity contribution in [3.8, 4) is 5.75 Å². The number of aliphatic hydroxyl groups excluding tert-OH is 1. The van der Waals surface area contributed by atoms with Crippen LogP contribution in [0.3, 0.4) is 0 Å². The number of benzene rings is 1. The van der Waals surface area contributed by atoms with Crippen molar-refractivity contribution in [2.24, 2.45) is 0 Å². The largest absolute Gasteiger partial charge is 0.486 e. The van der Waals surface area contributed by atoms with Gasteiger partial charge >= 0.3 is 0 Å². The van der Waals surface area contributed by atoms with E-state index in [-0.39, 0.29) is 6.10 Å². The molecule has 0 fully saturated rings. The second-order valence-electron chi connectivity index (χ2n) is 3.78. The average molecular weight is 206 g/mol. The zero-order chi connectivity index (χ0) is 11.4. The first-order valence-corrected chi connectivity index (χ1v) is 5.12. The molecule has 0 aliphatic rings. The van der Waals surface area contributed by atoms with E-state index in [2.05, 4.69) is 6.58 Å². The third kappa shape index (κ3) is 3.10. The molecular weight excluding hydrogens is 188 g/mol. The van der Waals surface area contributed by atoms with Gasteiger partial charge in [0.05, 0.1) is 6.10 Å². The SMILES string of the molecule is C=CC(C)Oc1cc(C)ccc1C(C)O. The van der Waals surface area contributed by atoms with E-state index < -0.39 is 6.10 Å². The molecule has 0 heterocycles. The molecule has 1 aromatic rings. The van der Waals surface area contributed by atoms with Crippen LogP contribution in [0.1, 0.15) is 31.1 Å². The molecule has 0 amide bonds. The number of ether oxygens (including phenoxy) is 1. The van der Waals surface area contributed by atoms with E-state index in [4.69, 9.17) is 4.74 Å². The van der Waals surface area contributed by atoms with Crippen molar-refractivity contribution in [3.63, 3.8) is 0 Å². The third-order valence-electron chi connectivity index (χ3n) is 2.26. The molecule has 2 nitrogen and oxygen atoms in total. The molecule has 0 saturated heterocycles. The maximum Gasteiger partial charge on any atom is 0.126 e. The normalized spacial score (nSPS) is 14.4. The average Bonchev–Trinajstić information content (AvgIpc) is 2.17. The Bertz CT molecular complexity index is 342. The Morgan fingerprint density at radius 3 is 2.60 bits per heavy atom. The first-order valence-electron chi connectivity index (χ1n) is 5.12. The molecule has 1 aromatic carbocycles. The van der Waals surface area contributed by atoms with Gasteiger partial charge in [-0.25, -0.2) is 0 Å². The molecular formula is C13H18O2. The van der Waals surface area contributed by atoms with Gasteiger partial charge in [-0.3, -0.25) is 0 Å². The summed E-state index contributed by atoms with van der Waals surface area (Å²) in [6.07, 6.45) is 1.16. The maximum absolute atomic E-state index is 9.58. The number of hydrogen-bond donors (Lipinski definition) is 1. The molecule has 0 aromatic heterocycles. The lowest BCUT2D eigenvalue weighted by molar-refractivity contribution is 0.187. The number of aliphatic hydroxyl groups is 1. The summed E-state index contributed by atoms with van der Waals surface area (Å²) in [4.78, 5) is 0. The van der Waals surface area contributed by atoms with Gasteiger partial charge in [0.25, 0.3) is 0 Å². The summed E-state index contributed by atoms with van der Waals surface area (Å²) in [5, 5.41) is 9.58. The summed E-state index contributed by atoms with van der Waals surface area (Å²) in [7, 11) is 0. The number of rotatable bonds is 4. The summed E-state index contributed by atoms with van der Waals surface area (Å²) in [5.74, 6) is 0.734. The molecule has 0 aliphatic heterocycles. The van der Waals surface area contributed by atoms with Gasteiger partial charge in [-0.05, 0) is 32.4 Å². The fourth-order valence-corrected chi connectivity index (χ4v) is 1.34. The van der Waals surface area contributed by atoms with E-state index in [9.17, 15) is 5.11 Å². The van der Waals surface area contributed by atoms with E-state index >= 15 is 0 Å². The highest BCUT2D eigenvalue weighted by Crippen LogP contribution is 2.27. The molecule has 0 spiro atoms. The lowest BCUT2D eigenvalue weighted by atomic mass is 10.1. The van der Waals surface area contributed by atoms with Gasteiger partial charge in [-0.2, -0.15) is 0 Å². The Morgan fingerprint density at radius 2 is 2.07 bits per heavy atom. The molecule has 0 saturated carbocycles. The van der Waals surface area contributed by atoms with E-state index in [1.54, 1.807) is 13.0 Å². The quantitative estimate of drug-likeness (QED) is 0.767. The summed E-state index contributed by atoms with van der Waals surface area (Å²) >= 11 is 0. The predicted molar refractivity (Wildman–Crippen MR) is 62.1 cm³/mol. The first-order chi connectivity index (χ1) is 7.04. The number of hydrogen-bond acceptors (Lipinski definition) is 2. The highest BCUT2D eigenvalue weighted by atomic mass is 16.5. The smallest absolute Gasteiger partial charge is 0.126 e. The summed E-state index contributed by atoms with van der Waals surface area (Å²) < 4.78 is 5.66. The van der Waals surface area contributed by atoms with Crippen LogP contribution in [0.2, 0.25) is 0 Å². The summed E-state index contributed by atoms with van der Waals surface area (Å²) in [6, 6.07) is 5.79. The fourth-order valence-electron chi connectivity index (χ4n) is 1.34. The minimum Gasteiger partial charge on any atom is -0.486 e. The van der Waals surface area contributed by atoms with Gasteiger partial charge in [-0.15, -0.1) is 0 Å². The summed E-state index contributed by atoms with van der Waals surface area (Å²) in [5.41, 5.74) is 1.93. The Morgan fingerprint density at radius 1 is 1.40 bits per heavy atom. The number of aryl methyl sites for hydroxylation is 1. The van der Waals surface area contributed by atoms with Gasteiger partial charge in [0.2, 0.25) is 0 Å². The Kier molecular flexibility index (Phi) is 3.92. The van der Waals surface area contributed by atoms with E-state index in [1.165, 1.54) is 0 Å². The van der Waals surface area contributed by atoms with Crippen molar-refractivity contribution < 1.29 is 9.84 Å². The van der Waals surface area contributed by atoms with Gasteiger partial charge in [-0.1, -0.05) is 24.8 Å². The topological polar surface area (TPSA) is 29.5 Å². The van der Waals surface area contributed by atoms with Crippen LogP contribution in [0.5, 0.6) is 5.75 Å². The lowest BCUT2D eigenvalue weighted by Gasteiger charge is -2.16. The van der Waals surface area contributed by atoms with E-state index in [0.717, 1.165) is 16.9 Å². The molecule has 0 radical (unpaired) electrons.